The number of hydrogen-bond acceptors (Lipinski definition) is 4. The molecule has 0 radical (unpaired) electrons. The standard InChI is InChI=1S/C23H31N3O2/c1-2-3-4-19-28-22-7-5-21(6-8-22)23(27)26-17-15-25(16-18-26)14-11-20-9-12-24-13-10-20/h5-10,12-13H,2-4,11,14-19H2,1H3. The number of rotatable bonds is 9. The molecule has 0 saturated carbocycles. The number of hydrogen-bond donors (Lipinski definition) is 0. The van der Waals surface area contributed by atoms with E-state index in [0.29, 0.717) is 0 Å². The van der Waals surface area contributed by atoms with Gasteiger partial charge in [0.05, 0.1) is 6.61 Å². The summed E-state index contributed by atoms with van der Waals surface area (Å²) in [6.07, 6.45) is 8.15. The van der Waals surface area contributed by atoms with Gasteiger partial charge in [-0.05, 0) is 54.8 Å². The summed E-state index contributed by atoms with van der Waals surface area (Å²) in [6, 6.07) is 11.7. The molecule has 0 bridgehead atoms. The van der Waals surface area contributed by atoms with Crippen LogP contribution in [0.4, 0.5) is 0 Å². The number of ether oxygens (including phenoxy) is 1. The summed E-state index contributed by atoms with van der Waals surface area (Å²) in [5.41, 5.74) is 2.05. The van der Waals surface area contributed by atoms with Crippen molar-refractivity contribution in [3.63, 3.8) is 0 Å². The third kappa shape index (κ3) is 6.06. The van der Waals surface area contributed by atoms with E-state index >= 15 is 0 Å². The minimum absolute atomic E-state index is 0.117. The van der Waals surface area contributed by atoms with Gasteiger partial charge in [-0.3, -0.25) is 14.7 Å². The second kappa shape index (κ2) is 10.8. The van der Waals surface area contributed by atoms with Crippen LogP contribution in [0.15, 0.2) is 48.8 Å². The van der Waals surface area contributed by atoms with E-state index in [1.807, 2.05) is 41.6 Å². The molecule has 0 N–H and O–H groups in total. The SMILES string of the molecule is CCCCCOc1ccc(C(=O)N2CCN(CCc3ccncc3)CC2)cc1. The Hall–Kier alpha value is -2.40. The second-order valence-electron chi connectivity index (χ2n) is 7.32. The third-order valence-corrected chi connectivity index (χ3v) is 5.24. The molecule has 1 aliphatic rings. The van der Waals surface area contributed by atoms with Crippen molar-refractivity contribution in [1.82, 2.24) is 14.8 Å². The van der Waals surface area contributed by atoms with Crippen LogP contribution in [0.3, 0.4) is 0 Å². The van der Waals surface area contributed by atoms with Crippen molar-refractivity contribution >= 4 is 5.91 Å². The van der Waals surface area contributed by atoms with E-state index in [9.17, 15) is 4.79 Å². The first kappa shape index (κ1) is 20.3. The summed E-state index contributed by atoms with van der Waals surface area (Å²) < 4.78 is 5.73. The predicted molar refractivity (Wildman–Crippen MR) is 112 cm³/mol. The van der Waals surface area contributed by atoms with Crippen molar-refractivity contribution in [3.8, 4) is 5.75 Å². The molecule has 5 nitrogen and oxygen atoms in total. The Morgan fingerprint density at radius 3 is 2.39 bits per heavy atom. The van der Waals surface area contributed by atoms with Crippen LogP contribution in [-0.2, 0) is 6.42 Å². The first-order chi connectivity index (χ1) is 13.8. The smallest absolute Gasteiger partial charge is 0.253 e. The number of carbonyl (C=O) groups is 1. The fraction of sp³-hybridized carbons (Fsp3) is 0.478. The predicted octanol–water partition coefficient (Wildman–Crippen LogP) is 3.65. The molecule has 0 spiro atoms. The van der Waals surface area contributed by atoms with Gasteiger partial charge in [0.2, 0.25) is 0 Å². The zero-order valence-corrected chi connectivity index (χ0v) is 16.8. The summed E-state index contributed by atoms with van der Waals surface area (Å²) in [4.78, 5) is 21.2. The number of pyridine rings is 1. The van der Waals surface area contributed by atoms with Gasteiger partial charge in [-0.25, -0.2) is 0 Å². The van der Waals surface area contributed by atoms with E-state index in [0.717, 1.165) is 63.5 Å². The maximum atomic E-state index is 12.8. The van der Waals surface area contributed by atoms with E-state index in [4.69, 9.17) is 4.74 Å². The van der Waals surface area contributed by atoms with Crippen LogP contribution in [0.2, 0.25) is 0 Å². The average Bonchev–Trinajstić information content (AvgIpc) is 2.76. The van der Waals surface area contributed by atoms with Gasteiger partial charge in [-0.15, -0.1) is 0 Å². The average molecular weight is 382 g/mol. The largest absolute Gasteiger partial charge is 0.494 e. The number of piperazine rings is 1. The molecular formula is C23H31N3O2. The Labute approximate surface area is 168 Å². The molecule has 2 heterocycles. The third-order valence-electron chi connectivity index (χ3n) is 5.24. The lowest BCUT2D eigenvalue weighted by Gasteiger charge is -2.34. The molecule has 3 rings (SSSR count). The van der Waals surface area contributed by atoms with Crippen molar-refractivity contribution in [3.05, 3.63) is 59.9 Å². The van der Waals surface area contributed by atoms with Crippen molar-refractivity contribution in [2.24, 2.45) is 0 Å². The molecule has 28 heavy (non-hydrogen) atoms. The molecule has 1 amide bonds. The van der Waals surface area contributed by atoms with Crippen molar-refractivity contribution in [1.29, 1.82) is 0 Å². The zero-order chi connectivity index (χ0) is 19.6. The summed E-state index contributed by atoms with van der Waals surface area (Å²) in [5, 5.41) is 0. The Kier molecular flexibility index (Phi) is 7.85. The first-order valence-electron chi connectivity index (χ1n) is 10.4. The minimum atomic E-state index is 0.117. The minimum Gasteiger partial charge on any atom is -0.494 e. The van der Waals surface area contributed by atoms with Gasteiger partial charge in [-0.1, -0.05) is 19.8 Å². The number of carbonyl (C=O) groups excluding carboxylic acids is 1. The molecule has 1 saturated heterocycles. The van der Waals surface area contributed by atoms with Gasteiger partial charge in [0.15, 0.2) is 0 Å². The highest BCUT2D eigenvalue weighted by Crippen LogP contribution is 2.15. The highest BCUT2D eigenvalue weighted by atomic mass is 16.5. The van der Waals surface area contributed by atoms with Crippen molar-refractivity contribution in [2.45, 2.75) is 32.6 Å². The zero-order valence-electron chi connectivity index (χ0n) is 16.8. The second-order valence-corrected chi connectivity index (χ2v) is 7.32. The molecular weight excluding hydrogens is 350 g/mol. The lowest BCUT2D eigenvalue weighted by Crippen LogP contribution is -2.49. The van der Waals surface area contributed by atoms with Crippen LogP contribution in [-0.4, -0.2) is 60.0 Å². The Morgan fingerprint density at radius 2 is 1.71 bits per heavy atom. The van der Waals surface area contributed by atoms with Gasteiger partial charge in [0.1, 0.15) is 5.75 Å². The normalized spacial score (nSPS) is 14.8. The van der Waals surface area contributed by atoms with E-state index < -0.39 is 0 Å². The highest BCUT2D eigenvalue weighted by molar-refractivity contribution is 5.94. The quantitative estimate of drug-likeness (QED) is 0.622. The van der Waals surface area contributed by atoms with Crippen LogP contribution in [0.1, 0.15) is 42.1 Å². The van der Waals surface area contributed by atoms with E-state index in [1.165, 1.54) is 18.4 Å². The maximum Gasteiger partial charge on any atom is 0.253 e. The number of nitrogens with zero attached hydrogens (tertiary/aromatic N) is 3. The van der Waals surface area contributed by atoms with E-state index in [1.54, 1.807) is 0 Å². The number of aromatic nitrogens is 1. The fourth-order valence-corrected chi connectivity index (χ4v) is 3.43. The summed E-state index contributed by atoms with van der Waals surface area (Å²) in [5.74, 6) is 0.958. The topological polar surface area (TPSA) is 45.7 Å². The van der Waals surface area contributed by atoms with Gasteiger partial charge >= 0.3 is 0 Å². The number of unbranched alkanes of at least 4 members (excludes halogenated alkanes) is 2. The number of amides is 1. The van der Waals surface area contributed by atoms with E-state index in [-0.39, 0.29) is 5.91 Å². The monoisotopic (exact) mass is 381 g/mol. The molecule has 0 unspecified atom stereocenters. The van der Waals surface area contributed by atoms with Crippen LogP contribution < -0.4 is 4.74 Å². The van der Waals surface area contributed by atoms with Crippen LogP contribution in [0.25, 0.3) is 0 Å². The highest BCUT2D eigenvalue weighted by Gasteiger charge is 2.21. The molecule has 1 aromatic carbocycles. The van der Waals surface area contributed by atoms with Crippen LogP contribution in [0.5, 0.6) is 5.75 Å². The van der Waals surface area contributed by atoms with Crippen molar-refractivity contribution in [2.75, 3.05) is 39.3 Å². The molecule has 1 aliphatic heterocycles. The molecule has 150 valence electrons. The maximum absolute atomic E-state index is 12.8. The summed E-state index contributed by atoms with van der Waals surface area (Å²) in [7, 11) is 0. The Balaban J connectivity index is 1.41. The first-order valence-corrected chi connectivity index (χ1v) is 10.4. The summed E-state index contributed by atoms with van der Waals surface area (Å²) in [6.45, 7) is 7.36. The Bertz CT molecular complexity index is 710. The van der Waals surface area contributed by atoms with Gasteiger partial charge in [-0.2, -0.15) is 0 Å². The molecule has 2 aromatic rings. The molecule has 0 atom stereocenters. The molecule has 5 heteroatoms. The Morgan fingerprint density at radius 1 is 1.00 bits per heavy atom. The summed E-state index contributed by atoms with van der Waals surface area (Å²) >= 11 is 0. The van der Waals surface area contributed by atoms with Gasteiger partial charge < -0.3 is 9.64 Å². The number of benzene rings is 1. The van der Waals surface area contributed by atoms with Gasteiger partial charge in [0, 0.05) is 50.7 Å². The lowest BCUT2D eigenvalue weighted by atomic mass is 10.1. The van der Waals surface area contributed by atoms with Crippen LogP contribution >= 0.6 is 0 Å². The molecule has 1 fully saturated rings. The lowest BCUT2D eigenvalue weighted by molar-refractivity contribution is 0.0638. The van der Waals surface area contributed by atoms with E-state index in [2.05, 4.69) is 28.9 Å². The van der Waals surface area contributed by atoms with Crippen LogP contribution in [0, 0.1) is 0 Å². The molecule has 0 aliphatic carbocycles. The van der Waals surface area contributed by atoms with Gasteiger partial charge in [0.25, 0.3) is 5.91 Å². The fourth-order valence-electron chi connectivity index (χ4n) is 3.43. The van der Waals surface area contributed by atoms with Crippen molar-refractivity contribution < 1.29 is 9.53 Å². The molecule has 1 aromatic heterocycles.